The number of nitrogens with two attached hydrogens (primary N) is 1. The molecule has 168 valence electrons. The molecule has 1 amide bonds. The number of amides is 1. The Morgan fingerprint density at radius 3 is 2.75 bits per heavy atom. The largest absolute Gasteiger partial charge is 0.481 e. The molecule has 3 aromatic rings. The minimum absolute atomic E-state index is 0.119. The molecule has 0 saturated heterocycles. The van der Waals surface area contributed by atoms with Crippen LogP contribution in [0.1, 0.15) is 48.9 Å². The summed E-state index contributed by atoms with van der Waals surface area (Å²) in [4.78, 5) is 21.5. The third kappa shape index (κ3) is 4.25. The summed E-state index contributed by atoms with van der Waals surface area (Å²) in [5.41, 5.74) is 8.64. The van der Waals surface area contributed by atoms with E-state index < -0.39 is 0 Å². The average Bonchev–Trinajstić information content (AvgIpc) is 3.56. The predicted octanol–water partition coefficient (Wildman–Crippen LogP) is 2.85. The highest BCUT2D eigenvalue weighted by atomic mass is 16.5. The number of pyridine rings is 1. The molecule has 2 aliphatic carbocycles. The van der Waals surface area contributed by atoms with Crippen LogP contribution in [0.2, 0.25) is 0 Å². The number of nitrogen functional groups attached to an aromatic ring is 1. The van der Waals surface area contributed by atoms with E-state index in [1.54, 1.807) is 30.0 Å². The van der Waals surface area contributed by atoms with Crippen molar-refractivity contribution in [2.24, 2.45) is 5.92 Å². The van der Waals surface area contributed by atoms with Gasteiger partial charge in [-0.1, -0.05) is 0 Å². The van der Waals surface area contributed by atoms with Crippen molar-refractivity contribution in [2.75, 3.05) is 19.5 Å². The van der Waals surface area contributed by atoms with Gasteiger partial charge >= 0.3 is 0 Å². The second kappa shape index (κ2) is 8.74. The van der Waals surface area contributed by atoms with Crippen molar-refractivity contribution in [1.29, 1.82) is 0 Å². The minimum Gasteiger partial charge on any atom is -0.481 e. The Morgan fingerprint density at radius 2 is 2.00 bits per heavy atom. The van der Waals surface area contributed by atoms with E-state index in [1.165, 1.54) is 19.2 Å². The lowest BCUT2D eigenvalue weighted by atomic mass is 9.92. The van der Waals surface area contributed by atoms with E-state index in [0.717, 1.165) is 49.5 Å². The zero-order valence-corrected chi connectivity index (χ0v) is 18.2. The molecule has 0 aliphatic heterocycles. The van der Waals surface area contributed by atoms with Crippen molar-refractivity contribution >= 4 is 17.2 Å². The van der Waals surface area contributed by atoms with Gasteiger partial charge in [0.1, 0.15) is 11.8 Å². The Kier molecular flexibility index (Phi) is 5.65. The smallest absolute Gasteiger partial charge is 0.253 e. The van der Waals surface area contributed by atoms with Gasteiger partial charge in [0, 0.05) is 30.5 Å². The van der Waals surface area contributed by atoms with Gasteiger partial charge in [0.25, 0.3) is 5.91 Å². The Morgan fingerprint density at radius 1 is 1.19 bits per heavy atom. The van der Waals surface area contributed by atoms with Gasteiger partial charge in [-0.25, -0.2) is 14.5 Å². The molecule has 0 unspecified atom stereocenters. The highest BCUT2D eigenvalue weighted by molar-refractivity contribution is 6.05. The topological polar surface area (TPSA) is 117 Å². The summed E-state index contributed by atoms with van der Waals surface area (Å²) < 4.78 is 12.9. The van der Waals surface area contributed by atoms with Crippen LogP contribution in [-0.2, 0) is 4.74 Å². The molecule has 9 heteroatoms. The van der Waals surface area contributed by atoms with Gasteiger partial charge in [-0.3, -0.25) is 4.79 Å². The normalized spacial score (nSPS) is 20.9. The van der Waals surface area contributed by atoms with Gasteiger partial charge in [0.05, 0.1) is 24.5 Å². The quantitative estimate of drug-likeness (QED) is 0.585. The first-order chi connectivity index (χ1) is 15.6. The lowest BCUT2D eigenvalue weighted by molar-refractivity contribution is 0.0165. The molecule has 3 aromatic heterocycles. The van der Waals surface area contributed by atoms with Crippen LogP contribution in [0.5, 0.6) is 5.88 Å². The molecule has 3 heterocycles. The molecule has 9 nitrogen and oxygen atoms in total. The number of aromatic nitrogens is 4. The van der Waals surface area contributed by atoms with E-state index in [9.17, 15) is 4.79 Å². The van der Waals surface area contributed by atoms with Gasteiger partial charge in [0.2, 0.25) is 5.88 Å². The van der Waals surface area contributed by atoms with Gasteiger partial charge in [0.15, 0.2) is 5.82 Å². The molecule has 2 aliphatic rings. The molecule has 0 atom stereocenters. The standard InChI is InChI=1S/C23H28N6O3/c1-31-20-10-15(8-9-25-20)19-11-18(21-22(24)26-13-27-29(19)21)23(30)28-16-4-6-17(7-5-16)32-12-14-2-3-14/h8-11,13-14,16-17H,2-7,12H2,1H3,(H,28,30)(H2,24,26,27)/t16-,17-. The fraction of sp³-hybridized carbons (Fsp3) is 0.478. The number of rotatable bonds is 7. The molecule has 0 radical (unpaired) electrons. The summed E-state index contributed by atoms with van der Waals surface area (Å²) in [6.45, 7) is 0.889. The molecule has 0 aromatic carbocycles. The highest BCUT2D eigenvalue weighted by Gasteiger charge is 2.28. The maximum atomic E-state index is 13.2. The van der Waals surface area contributed by atoms with Crippen molar-refractivity contribution < 1.29 is 14.3 Å². The fourth-order valence-corrected chi connectivity index (χ4v) is 4.32. The van der Waals surface area contributed by atoms with E-state index in [2.05, 4.69) is 20.4 Å². The van der Waals surface area contributed by atoms with Gasteiger partial charge in [-0.15, -0.1) is 0 Å². The summed E-state index contributed by atoms with van der Waals surface area (Å²) in [5.74, 6) is 1.34. The molecule has 2 saturated carbocycles. The Balaban J connectivity index is 1.35. The van der Waals surface area contributed by atoms with Crippen molar-refractivity contribution in [2.45, 2.75) is 50.7 Å². The second-order valence-corrected chi connectivity index (χ2v) is 8.66. The Hall–Kier alpha value is -3.20. The van der Waals surface area contributed by atoms with Crippen LogP contribution in [-0.4, -0.2) is 51.4 Å². The number of nitrogens with zero attached hydrogens (tertiary/aromatic N) is 4. The first kappa shape index (κ1) is 20.7. The summed E-state index contributed by atoms with van der Waals surface area (Å²) in [7, 11) is 1.56. The molecule has 3 N–H and O–H groups in total. The fourth-order valence-electron chi connectivity index (χ4n) is 4.32. The maximum Gasteiger partial charge on any atom is 0.253 e. The zero-order chi connectivity index (χ0) is 22.1. The number of anilines is 1. The van der Waals surface area contributed by atoms with E-state index in [4.69, 9.17) is 15.2 Å². The molecule has 2 fully saturated rings. The van der Waals surface area contributed by atoms with Crippen LogP contribution in [0.4, 0.5) is 5.82 Å². The Bertz CT molecular complexity index is 1120. The molecule has 32 heavy (non-hydrogen) atoms. The van der Waals surface area contributed by atoms with Crippen LogP contribution >= 0.6 is 0 Å². The number of hydrogen-bond donors (Lipinski definition) is 2. The maximum absolute atomic E-state index is 13.2. The lowest BCUT2D eigenvalue weighted by Crippen LogP contribution is -2.39. The van der Waals surface area contributed by atoms with Crippen LogP contribution in [0.15, 0.2) is 30.7 Å². The molecule has 0 spiro atoms. The second-order valence-electron chi connectivity index (χ2n) is 8.66. The number of fused-ring (bicyclic) bond motifs is 1. The number of ether oxygens (including phenoxy) is 2. The first-order valence-corrected chi connectivity index (χ1v) is 11.2. The molecule has 5 rings (SSSR count). The number of carbonyl (C=O) groups excluding carboxylic acids is 1. The average molecular weight is 437 g/mol. The lowest BCUT2D eigenvalue weighted by Gasteiger charge is -2.29. The van der Waals surface area contributed by atoms with Crippen molar-refractivity contribution in [3.8, 4) is 17.1 Å². The minimum atomic E-state index is -0.168. The zero-order valence-electron chi connectivity index (χ0n) is 18.2. The van der Waals surface area contributed by atoms with Crippen LogP contribution in [0.3, 0.4) is 0 Å². The van der Waals surface area contributed by atoms with E-state index in [0.29, 0.717) is 23.1 Å². The van der Waals surface area contributed by atoms with Crippen LogP contribution in [0.25, 0.3) is 16.8 Å². The van der Waals surface area contributed by atoms with Gasteiger partial charge in [-0.2, -0.15) is 5.10 Å². The van der Waals surface area contributed by atoms with Crippen LogP contribution in [0, 0.1) is 5.92 Å². The Labute approximate surface area is 186 Å². The number of carbonyl (C=O) groups is 1. The SMILES string of the molecule is COc1cc(-c2cc(C(=O)N[C@H]3CC[C@H](OCC4CC4)CC3)c3c(N)ncnn23)ccn1. The number of nitrogens with one attached hydrogen (secondary N) is 1. The molecule has 0 bridgehead atoms. The van der Waals surface area contributed by atoms with E-state index in [1.807, 2.05) is 6.07 Å². The van der Waals surface area contributed by atoms with Crippen LogP contribution < -0.4 is 15.8 Å². The van der Waals surface area contributed by atoms with Gasteiger partial charge in [-0.05, 0) is 56.6 Å². The summed E-state index contributed by atoms with van der Waals surface area (Å²) >= 11 is 0. The summed E-state index contributed by atoms with van der Waals surface area (Å²) in [5, 5.41) is 7.52. The van der Waals surface area contributed by atoms with Crippen molar-refractivity contribution in [1.82, 2.24) is 24.9 Å². The van der Waals surface area contributed by atoms with E-state index >= 15 is 0 Å². The summed E-state index contributed by atoms with van der Waals surface area (Å²) in [6.07, 6.45) is 9.73. The van der Waals surface area contributed by atoms with E-state index in [-0.39, 0.29) is 17.8 Å². The van der Waals surface area contributed by atoms with Crippen molar-refractivity contribution in [3.05, 3.63) is 36.3 Å². The highest BCUT2D eigenvalue weighted by Crippen LogP contribution is 2.32. The molecular weight excluding hydrogens is 408 g/mol. The first-order valence-electron chi connectivity index (χ1n) is 11.2. The number of hydrogen-bond acceptors (Lipinski definition) is 7. The number of methoxy groups -OCH3 is 1. The monoisotopic (exact) mass is 436 g/mol. The third-order valence-electron chi connectivity index (χ3n) is 6.34. The van der Waals surface area contributed by atoms with Crippen molar-refractivity contribution in [3.63, 3.8) is 0 Å². The van der Waals surface area contributed by atoms with Gasteiger partial charge < -0.3 is 20.5 Å². The third-order valence-corrected chi connectivity index (χ3v) is 6.34. The molecular formula is C23H28N6O3. The predicted molar refractivity (Wildman–Crippen MR) is 119 cm³/mol. The summed E-state index contributed by atoms with van der Waals surface area (Å²) in [6, 6.07) is 5.56.